The molecular weight excluding hydrogens is 300 g/mol. The Labute approximate surface area is 135 Å². The van der Waals surface area contributed by atoms with Gasteiger partial charge in [-0.3, -0.25) is 4.90 Å². The summed E-state index contributed by atoms with van der Waals surface area (Å²) in [5, 5.41) is 4.80. The van der Waals surface area contributed by atoms with Crippen LogP contribution in [-0.4, -0.2) is 41.2 Å². The molecule has 5 nitrogen and oxygen atoms in total. The molecule has 1 aromatic heterocycles. The van der Waals surface area contributed by atoms with Gasteiger partial charge in [-0.05, 0) is 19.1 Å². The minimum Gasteiger partial charge on any atom is -0.368 e. The first-order chi connectivity index (χ1) is 10.7. The largest absolute Gasteiger partial charge is 0.368 e. The van der Waals surface area contributed by atoms with Crippen LogP contribution in [0.5, 0.6) is 0 Å². The van der Waals surface area contributed by atoms with Crippen LogP contribution in [0.3, 0.4) is 0 Å². The number of nitrogens with zero attached hydrogens (tertiary/aromatic N) is 4. The summed E-state index contributed by atoms with van der Waals surface area (Å²) >= 11 is 6.28. The second-order valence-corrected chi connectivity index (χ2v) is 5.96. The third kappa shape index (κ3) is 3.10. The second kappa shape index (κ2) is 6.67. The van der Waals surface area contributed by atoms with E-state index in [1.54, 1.807) is 0 Å². The highest BCUT2D eigenvalue weighted by Crippen LogP contribution is 2.28. The van der Waals surface area contributed by atoms with Crippen molar-refractivity contribution in [2.24, 2.45) is 0 Å². The highest BCUT2D eigenvalue weighted by molar-refractivity contribution is 6.33. The van der Waals surface area contributed by atoms with Gasteiger partial charge in [0.2, 0.25) is 5.89 Å². The molecule has 22 heavy (non-hydrogen) atoms. The number of aryl methyl sites for hydroxylation is 1. The lowest BCUT2D eigenvalue weighted by Crippen LogP contribution is -2.47. The minimum absolute atomic E-state index is 0.154. The maximum atomic E-state index is 6.28. The van der Waals surface area contributed by atoms with E-state index in [0.717, 1.165) is 49.1 Å². The third-order valence-electron chi connectivity index (χ3n) is 4.21. The Balaban J connectivity index is 1.63. The van der Waals surface area contributed by atoms with E-state index in [-0.39, 0.29) is 6.04 Å². The monoisotopic (exact) mass is 320 g/mol. The Hall–Kier alpha value is -1.59. The molecule has 0 unspecified atom stereocenters. The van der Waals surface area contributed by atoms with E-state index >= 15 is 0 Å². The van der Waals surface area contributed by atoms with E-state index < -0.39 is 0 Å². The van der Waals surface area contributed by atoms with Gasteiger partial charge in [0.25, 0.3) is 0 Å². The number of piperazine rings is 1. The molecular formula is C16H21ClN4O. The summed E-state index contributed by atoms with van der Waals surface area (Å²) in [4.78, 5) is 9.15. The summed E-state index contributed by atoms with van der Waals surface area (Å²) in [5.74, 6) is 1.49. The molecule has 0 bridgehead atoms. The minimum atomic E-state index is 0.154. The number of benzene rings is 1. The quantitative estimate of drug-likeness (QED) is 0.866. The van der Waals surface area contributed by atoms with Crippen LogP contribution in [-0.2, 0) is 6.42 Å². The molecule has 0 aliphatic carbocycles. The van der Waals surface area contributed by atoms with Crippen LogP contribution in [0.15, 0.2) is 28.8 Å². The molecule has 0 N–H and O–H groups in total. The molecule has 0 saturated carbocycles. The summed E-state index contributed by atoms with van der Waals surface area (Å²) in [6, 6.07) is 8.16. The average molecular weight is 321 g/mol. The number of halogens is 1. The Kier molecular flexibility index (Phi) is 4.64. The Morgan fingerprint density at radius 2 is 1.95 bits per heavy atom. The summed E-state index contributed by atoms with van der Waals surface area (Å²) in [5.41, 5.74) is 1.11. The Bertz CT molecular complexity index is 622. The van der Waals surface area contributed by atoms with Crippen LogP contribution >= 0.6 is 11.6 Å². The Morgan fingerprint density at radius 1 is 1.23 bits per heavy atom. The first kappa shape index (κ1) is 15.3. The van der Waals surface area contributed by atoms with Gasteiger partial charge < -0.3 is 9.42 Å². The maximum Gasteiger partial charge on any atom is 0.243 e. The molecule has 2 aromatic rings. The van der Waals surface area contributed by atoms with Crippen LogP contribution in [0.25, 0.3) is 0 Å². The van der Waals surface area contributed by atoms with Crippen molar-refractivity contribution in [1.29, 1.82) is 0 Å². The lowest BCUT2D eigenvalue weighted by atomic mass is 10.2. The molecule has 1 aliphatic rings. The fourth-order valence-corrected chi connectivity index (χ4v) is 3.05. The molecule has 1 atom stereocenters. The average Bonchev–Trinajstić information content (AvgIpc) is 3.04. The molecule has 118 valence electrons. The summed E-state index contributed by atoms with van der Waals surface area (Å²) in [6.07, 6.45) is 0.802. The molecule has 0 amide bonds. The lowest BCUT2D eigenvalue weighted by molar-refractivity contribution is 0.164. The number of para-hydroxylation sites is 1. The highest BCUT2D eigenvalue weighted by Gasteiger charge is 2.26. The van der Waals surface area contributed by atoms with Gasteiger partial charge >= 0.3 is 0 Å². The van der Waals surface area contributed by atoms with Gasteiger partial charge in [-0.1, -0.05) is 35.8 Å². The zero-order valence-electron chi connectivity index (χ0n) is 13.0. The third-order valence-corrected chi connectivity index (χ3v) is 4.53. The van der Waals surface area contributed by atoms with Gasteiger partial charge in [0.05, 0.1) is 16.8 Å². The van der Waals surface area contributed by atoms with E-state index in [0.29, 0.717) is 5.89 Å². The maximum absolute atomic E-state index is 6.28. The first-order valence-corrected chi connectivity index (χ1v) is 8.13. The van der Waals surface area contributed by atoms with Crippen LogP contribution < -0.4 is 4.90 Å². The normalized spacial score (nSPS) is 17.7. The zero-order chi connectivity index (χ0) is 15.5. The highest BCUT2D eigenvalue weighted by atomic mass is 35.5. The number of anilines is 1. The van der Waals surface area contributed by atoms with Gasteiger partial charge in [0, 0.05) is 32.6 Å². The molecule has 1 aromatic carbocycles. The van der Waals surface area contributed by atoms with Crippen molar-refractivity contribution in [2.45, 2.75) is 26.3 Å². The van der Waals surface area contributed by atoms with E-state index in [1.807, 2.05) is 25.1 Å². The molecule has 0 radical (unpaired) electrons. The topological polar surface area (TPSA) is 45.4 Å². The van der Waals surface area contributed by atoms with Crippen molar-refractivity contribution in [2.75, 3.05) is 31.1 Å². The molecule has 2 heterocycles. The van der Waals surface area contributed by atoms with Crippen LogP contribution in [0.2, 0.25) is 5.02 Å². The van der Waals surface area contributed by atoms with Crippen molar-refractivity contribution in [1.82, 2.24) is 15.0 Å². The molecule has 1 fully saturated rings. The Morgan fingerprint density at radius 3 is 2.59 bits per heavy atom. The van der Waals surface area contributed by atoms with E-state index in [2.05, 4.69) is 32.9 Å². The summed E-state index contributed by atoms with van der Waals surface area (Å²) in [7, 11) is 0. The number of hydrogen-bond acceptors (Lipinski definition) is 5. The zero-order valence-corrected chi connectivity index (χ0v) is 13.8. The number of rotatable bonds is 4. The summed E-state index contributed by atoms with van der Waals surface area (Å²) < 4.78 is 5.36. The van der Waals surface area contributed by atoms with Gasteiger partial charge in [0.1, 0.15) is 0 Å². The standard InChI is InChI=1S/C16H21ClN4O/c1-3-15-18-16(22-19-15)12(2)20-8-10-21(11-9-20)14-7-5-4-6-13(14)17/h4-7,12H,3,8-11H2,1-2H3/t12-/m1/s1. The van der Waals surface area contributed by atoms with Crippen molar-refractivity contribution < 1.29 is 4.52 Å². The fourth-order valence-electron chi connectivity index (χ4n) is 2.80. The molecule has 3 rings (SSSR count). The molecule has 6 heteroatoms. The number of aromatic nitrogens is 2. The fraction of sp³-hybridized carbons (Fsp3) is 0.500. The summed E-state index contributed by atoms with van der Waals surface area (Å²) in [6.45, 7) is 7.96. The smallest absolute Gasteiger partial charge is 0.243 e. The van der Waals surface area contributed by atoms with Gasteiger partial charge in [-0.15, -0.1) is 0 Å². The lowest BCUT2D eigenvalue weighted by Gasteiger charge is -2.38. The van der Waals surface area contributed by atoms with Crippen molar-refractivity contribution in [3.05, 3.63) is 41.0 Å². The molecule has 1 saturated heterocycles. The number of hydrogen-bond donors (Lipinski definition) is 0. The van der Waals surface area contributed by atoms with Crippen LogP contribution in [0.4, 0.5) is 5.69 Å². The van der Waals surface area contributed by atoms with E-state index in [9.17, 15) is 0 Å². The van der Waals surface area contributed by atoms with Gasteiger partial charge in [-0.2, -0.15) is 4.98 Å². The van der Waals surface area contributed by atoms with Gasteiger partial charge in [-0.25, -0.2) is 0 Å². The van der Waals surface area contributed by atoms with Crippen molar-refractivity contribution >= 4 is 17.3 Å². The van der Waals surface area contributed by atoms with Gasteiger partial charge in [0.15, 0.2) is 5.82 Å². The van der Waals surface area contributed by atoms with Crippen molar-refractivity contribution in [3.8, 4) is 0 Å². The molecule has 1 aliphatic heterocycles. The van der Waals surface area contributed by atoms with E-state index in [1.165, 1.54) is 0 Å². The second-order valence-electron chi connectivity index (χ2n) is 5.55. The first-order valence-electron chi connectivity index (χ1n) is 7.75. The predicted molar refractivity (Wildman–Crippen MR) is 87.3 cm³/mol. The van der Waals surface area contributed by atoms with Crippen molar-refractivity contribution in [3.63, 3.8) is 0 Å². The van der Waals surface area contributed by atoms with Crippen LogP contribution in [0, 0.1) is 0 Å². The van der Waals surface area contributed by atoms with E-state index in [4.69, 9.17) is 16.1 Å². The SMILES string of the molecule is CCc1noc([C@@H](C)N2CCN(c3ccccc3Cl)CC2)n1. The predicted octanol–water partition coefficient (Wildman–Crippen LogP) is 3.17. The molecule has 0 spiro atoms. The van der Waals surface area contributed by atoms with Crippen LogP contribution in [0.1, 0.15) is 31.6 Å².